The van der Waals surface area contributed by atoms with Crippen molar-refractivity contribution in [1.82, 2.24) is 10.5 Å². The van der Waals surface area contributed by atoms with Crippen molar-refractivity contribution in [3.63, 3.8) is 0 Å². The lowest BCUT2D eigenvalue weighted by atomic mass is 10.3. The number of nitrogens with zero attached hydrogens (tertiary/aromatic N) is 2. The van der Waals surface area contributed by atoms with Gasteiger partial charge in [-0.1, -0.05) is 6.07 Å². The highest BCUT2D eigenvalue weighted by molar-refractivity contribution is 5.76. The molecule has 14 heavy (non-hydrogen) atoms. The van der Waals surface area contributed by atoms with Gasteiger partial charge < -0.3 is 10.5 Å². The van der Waals surface area contributed by atoms with Gasteiger partial charge in [0, 0.05) is 12.3 Å². The van der Waals surface area contributed by atoms with Gasteiger partial charge in [-0.15, -0.1) is 0 Å². The molecule has 0 aliphatic heterocycles. The van der Waals surface area contributed by atoms with Gasteiger partial charge in [-0.05, 0) is 5.56 Å². The third-order valence-electron chi connectivity index (χ3n) is 1.55. The molecule has 0 aliphatic carbocycles. The Bertz CT molecular complexity index is 310. The Kier molecular flexibility index (Phi) is 3.69. The topological polar surface area (TPSA) is 92.8 Å². The Morgan fingerprint density at radius 3 is 3.00 bits per heavy atom. The molecule has 0 radical (unpaired) electrons. The maximum absolute atomic E-state index is 8.35. The Morgan fingerprint density at radius 2 is 2.50 bits per heavy atom. The van der Waals surface area contributed by atoms with Gasteiger partial charge in [0.1, 0.15) is 0 Å². The molecule has 0 amide bonds. The van der Waals surface area contributed by atoms with Gasteiger partial charge in [0.2, 0.25) is 11.8 Å². The van der Waals surface area contributed by atoms with Crippen LogP contribution in [0.1, 0.15) is 5.56 Å². The number of aliphatic imine (C=N–C) groups is 1. The highest BCUT2D eigenvalue weighted by Crippen LogP contribution is 2.07. The van der Waals surface area contributed by atoms with E-state index in [1.54, 1.807) is 24.9 Å². The van der Waals surface area contributed by atoms with Crippen LogP contribution in [0, 0.1) is 0 Å². The lowest BCUT2D eigenvalue weighted by molar-refractivity contribution is 0.232. The minimum absolute atomic E-state index is 0.0270. The van der Waals surface area contributed by atoms with Crippen LogP contribution in [-0.4, -0.2) is 23.3 Å². The molecule has 76 valence electrons. The second-order valence-electron chi connectivity index (χ2n) is 2.52. The summed E-state index contributed by atoms with van der Waals surface area (Å²) in [4.78, 5) is 7.81. The van der Waals surface area contributed by atoms with Crippen molar-refractivity contribution < 1.29 is 9.94 Å². The van der Waals surface area contributed by atoms with Crippen molar-refractivity contribution in [3.05, 3.63) is 23.9 Å². The van der Waals surface area contributed by atoms with Crippen molar-refractivity contribution in [2.45, 2.75) is 6.54 Å². The summed E-state index contributed by atoms with van der Waals surface area (Å²) in [6, 6.07) is 3.55. The van der Waals surface area contributed by atoms with E-state index in [9.17, 15) is 0 Å². The lowest BCUT2D eigenvalue weighted by Gasteiger charge is -2.00. The monoisotopic (exact) mass is 196 g/mol. The normalized spacial score (nSPS) is 11.1. The predicted molar refractivity (Wildman–Crippen MR) is 51.0 cm³/mol. The number of methoxy groups -OCH3 is 1. The number of rotatable bonds is 3. The molecule has 6 heteroatoms. The number of nitrogens with two attached hydrogens (primary N) is 1. The molecule has 0 saturated heterocycles. The Morgan fingerprint density at radius 1 is 1.71 bits per heavy atom. The number of hydroxylamine groups is 1. The van der Waals surface area contributed by atoms with E-state index < -0.39 is 0 Å². The van der Waals surface area contributed by atoms with Crippen LogP contribution in [0.25, 0.3) is 0 Å². The van der Waals surface area contributed by atoms with Gasteiger partial charge in [-0.25, -0.2) is 15.5 Å². The summed E-state index contributed by atoms with van der Waals surface area (Å²) in [5.74, 6) is 0.520. The fraction of sp³-hybridized carbons (Fsp3) is 0.250. The summed E-state index contributed by atoms with van der Waals surface area (Å²) in [6.07, 6.45) is 1.63. The zero-order chi connectivity index (χ0) is 10.4. The lowest BCUT2D eigenvalue weighted by Crippen LogP contribution is -2.28. The quantitative estimate of drug-likeness (QED) is 0.356. The molecule has 0 fully saturated rings. The summed E-state index contributed by atoms with van der Waals surface area (Å²) >= 11 is 0. The fourth-order valence-electron chi connectivity index (χ4n) is 0.837. The largest absolute Gasteiger partial charge is 0.481 e. The van der Waals surface area contributed by atoms with Crippen molar-refractivity contribution in [1.29, 1.82) is 0 Å². The van der Waals surface area contributed by atoms with Crippen LogP contribution in [0.5, 0.6) is 5.88 Å². The van der Waals surface area contributed by atoms with E-state index in [2.05, 4.69) is 9.98 Å². The van der Waals surface area contributed by atoms with Crippen molar-refractivity contribution >= 4 is 5.96 Å². The van der Waals surface area contributed by atoms with Crippen LogP contribution in [0.15, 0.2) is 23.3 Å². The molecular weight excluding hydrogens is 184 g/mol. The van der Waals surface area contributed by atoms with E-state index in [0.717, 1.165) is 5.56 Å². The maximum Gasteiger partial charge on any atom is 0.213 e. The third-order valence-corrected chi connectivity index (χ3v) is 1.55. The van der Waals surface area contributed by atoms with E-state index in [1.165, 1.54) is 0 Å². The number of nitrogens with one attached hydrogen (secondary N) is 1. The third kappa shape index (κ3) is 2.91. The van der Waals surface area contributed by atoms with Crippen LogP contribution < -0.4 is 16.0 Å². The van der Waals surface area contributed by atoms with Crippen molar-refractivity contribution in [2.75, 3.05) is 7.11 Å². The fourth-order valence-corrected chi connectivity index (χ4v) is 0.837. The summed E-state index contributed by atoms with van der Waals surface area (Å²) in [5, 5.41) is 8.35. The smallest absolute Gasteiger partial charge is 0.213 e. The second kappa shape index (κ2) is 5.03. The number of hydrogen-bond acceptors (Lipinski definition) is 4. The molecule has 1 aromatic heterocycles. The molecule has 1 heterocycles. The minimum atomic E-state index is -0.0270. The highest BCUT2D eigenvalue weighted by Gasteiger charge is 1.94. The van der Waals surface area contributed by atoms with Crippen LogP contribution in [0.2, 0.25) is 0 Å². The molecule has 0 spiro atoms. The van der Waals surface area contributed by atoms with Gasteiger partial charge in [0.05, 0.1) is 13.7 Å². The van der Waals surface area contributed by atoms with Gasteiger partial charge in [0.15, 0.2) is 0 Å². The molecule has 0 unspecified atom stereocenters. The maximum atomic E-state index is 8.35. The molecule has 1 aromatic rings. The summed E-state index contributed by atoms with van der Waals surface area (Å²) < 4.78 is 4.89. The number of aromatic nitrogens is 1. The van der Waals surface area contributed by atoms with E-state index in [0.29, 0.717) is 12.4 Å². The van der Waals surface area contributed by atoms with E-state index in [-0.39, 0.29) is 5.96 Å². The van der Waals surface area contributed by atoms with Crippen molar-refractivity contribution in [3.8, 4) is 5.88 Å². The van der Waals surface area contributed by atoms with Gasteiger partial charge >= 0.3 is 0 Å². The molecule has 0 bridgehead atoms. The van der Waals surface area contributed by atoms with Crippen LogP contribution in [0.4, 0.5) is 0 Å². The van der Waals surface area contributed by atoms with E-state index in [4.69, 9.17) is 15.7 Å². The first kappa shape index (κ1) is 10.3. The van der Waals surface area contributed by atoms with Crippen LogP contribution in [-0.2, 0) is 6.54 Å². The molecule has 0 aromatic carbocycles. The molecule has 0 atom stereocenters. The first-order chi connectivity index (χ1) is 6.76. The Labute approximate surface area is 81.4 Å². The SMILES string of the molecule is COc1ccc(CN=C(N)NO)cn1. The Balaban J connectivity index is 2.60. The average molecular weight is 196 g/mol. The first-order valence-corrected chi connectivity index (χ1v) is 3.95. The molecule has 1 rings (SSSR count). The summed E-state index contributed by atoms with van der Waals surface area (Å²) in [5.41, 5.74) is 7.84. The number of ether oxygens (including phenoxy) is 1. The zero-order valence-electron chi connectivity index (χ0n) is 7.77. The van der Waals surface area contributed by atoms with Crippen LogP contribution in [0.3, 0.4) is 0 Å². The molecule has 4 N–H and O–H groups in total. The Hall–Kier alpha value is -1.82. The first-order valence-electron chi connectivity index (χ1n) is 3.95. The molecule has 0 saturated carbocycles. The number of hydrogen-bond donors (Lipinski definition) is 3. The van der Waals surface area contributed by atoms with E-state index in [1.807, 2.05) is 6.07 Å². The second-order valence-corrected chi connectivity index (χ2v) is 2.52. The number of guanidine groups is 1. The summed E-state index contributed by atoms with van der Waals surface area (Å²) in [6.45, 7) is 0.358. The van der Waals surface area contributed by atoms with Crippen LogP contribution >= 0.6 is 0 Å². The molecule has 6 nitrogen and oxygen atoms in total. The molecular formula is C8H12N4O2. The standard InChI is InChI=1S/C8H12N4O2/c1-14-7-3-2-6(4-10-7)5-11-8(9)12-13/h2-4,13H,5H2,1H3,(H3,9,11,12). The van der Waals surface area contributed by atoms with Gasteiger partial charge in [0.25, 0.3) is 0 Å². The predicted octanol–water partition coefficient (Wildman–Crippen LogP) is -0.116. The van der Waals surface area contributed by atoms with Crippen molar-refractivity contribution in [2.24, 2.45) is 10.7 Å². The average Bonchev–Trinajstić information content (AvgIpc) is 2.26. The van der Waals surface area contributed by atoms with Gasteiger partial charge in [-0.3, -0.25) is 5.21 Å². The van der Waals surface area contributed by atoms with Gasteiger partial charge in [-0.2, -0.15) is 0 Å². The number of pyridine rings is 1. The highest BCUT2D eigenvalue weighted by atomic mass is 16.5. The summed E-state index contributed by atoms with van der Waals surface area (Å²) in [7, 11) is 1.55. The zero-order valence-corrected chi connectivity index (χ0v) is 7.77. The van der Waals surface area contributed by atoms with E-state index >= 15 is 0 Å². The molecule has 0 aliphatic rings. The minimum Gasteiger partial charge on any atom is -0.481 e.